The molecule has 4 rings (SSSR count). The van der Waals surface area contributed by atoms with E-state index in [0.717, 1.165) is 12.8 Å². The van der Waals surface area contributed by atoms with E-state index in [2.05, 4.69) is 20.9 Å². The number of Topliss-reactive ketones (excluding diaryl/α,β-unsaturated/α-hetero) is 1. The molecular formula is C21H22FN5O3. The van der Waals surface area contributed by atoms with Gasteiger partial charge in [0.1, 0.15) is 11.6 Å². The van der Waals surface area contributed by atoms with Crippen LogP contribution >= 0.6 is 0 Å². The van der Waals surface area contributed by atoms with Crippen LogP contribution in [0.4, 0.5) is 21.6 Å². The first-order valence-corrected chi connectivity index (χ1v) is 9.71. The molecule has 1 fully saturated rings. The number of nitrogens with zero attached hydrogens (tertiary/aromatic N) is 2. The summed E-state index contributed by atoms with van der Waals surface area (Å²) in [6.07, 6.45) is 5.95. The van der Waals surface area contributed by atoms with Crippen molar-refractivity contribution in [1.29, 1.82) is 0 Å². The van der Waals surface area contributed by atoms with Crippen LogP contribution in [0.25, 0.3) is 5.83 Å². The number of carbonyl (C=O) groups is 3. The fourth-order valence-corrected chi connectivity index (χ4v) is 3.52. The van der Waals surface area contributed by atoms with Crippen molar-refractivity contribution in [2.24, 2.45) is 18.9 Å². The number of carbonyl (C=O) groups excluding carboxylic acids is 3. The average molecular weight is 411 g/mol. The van der Waals surface area contributed by atoms with E-state index in [1.54, 1.807) is 20.2 Å². The Kier molecular flexibility index (Phi) is 4.89. The number of hydrogen-bond donors (Lipinski definition) is 3. The maximum atomic E-state index is 14.5. The molecule has 0 aliphatic heterocycles. The topological polar surface area (TPSA) is 105 Å². The van der Waals surface area contributed by atoms with Crippen LogP contribution in [-0.2, 0) is 11.8 Å². The first-order chi connectivity index (χ1) is 14.3. The molecule has 8 nitrogen and oxygen atoms in total. The highest BCUT2D eigenvalue weighted by atomic mass is 19.1. The Bertz CT molecular complexity index is 1100. The van der Waals surface area contributed by atoms with Crippen LogP contribution in [0.1, 0.15) is 46.2 Å². The lowest BCUT2D eigenvalue weighted by Gasteiger charge is -2.17. The number of fused-ring (bicyclic) bond motifs is 1. The number of rotatable bonds is 5. The Hall–Kier alpha value is -3.49. The Balaban J connectivity index is 1.74. The summed E-state index contributed by atoms with van der Waals surface area (Å²) in [4.78, 5) is 41.3. The number of hydrogen-bond acceptors (Lipinski definition) is 5. The van der Waals surface area contributed by atoms with Gasteiger partial charge < -0.3 is 20.5 Å². The first-order valence-electron chi connectivity index (χ1n) is 9.71. The van der Waals surface area contributed by atoms with Gasteiger partial charge in [0.2, 0.25) is 5.91 Å². The number of pyridine rings is 1. The fourth-order valence-electron chi connectivity index (χ4n) is 3.52. The smallest absolute Gasteiger partial charge is 0.254 e. The second-order valence-electron chi connectivity index (χ2n) is 7.63. The van der Waals surface area contributed by atoms with E-state index in [1.807, 2.05) is 0 Å². The Morgan fingerprint density at radius 3 is 2.67 bits per heavy atom. The van der Waals surface area contributed by atoms with Gasteiger partial charge in [-0.05, 0) is 18.9 Å². The van der Waals surface area contributed by atoms with Crippen LogP contribution < -0.4 is 16.0 Å². The minimum absolute atomic E-state index is 0.00293. The van der Waals surface area contributed by atoms with Crippen molar-refractivity contribution in [2.45, 2.75) is 19.8 Å². The summed E-state index contributed by atoms with van der Waals surface area (Å²) in [6.45, 7) is 1.63. The first kappa shape index (κ1) is 19.8. The fraction of sp³-hybridized carbons (Fsp3) is 0.333. The zero-order valence-corrected chi connectivity index (χ0v) is 16.9. The summed E-state index contributed by atoms with van der Waals surface area (Å²) in [7, 11) is 3.14. The van der Waals surface area contributed by atoms with Gasteiger partial charge in [0.05, 0.1) is 28.2 Å². The molecular weight excluding hydrogens is 389 g/mol. The van der Waals surface area contributed by atoms with Crippen molar-refractivity contribution in [3.63, 3.8) is 0 Å². The highest BCUT2D eigenvalue weighted by molar-refractivity contribution is 6.10. The van der Waals surface area contributed by atoms with Crippen molar-refractivity contribution >= 4 is 40.6 Å². The van der Waals surface area contributed by atoms with Gasteiger partial charge in [0, 0.05) is 44.4 Å². The van der Waals surface area contributed by atoms with Crippen LogP contribution in [0.15, 0.2) is 24.5 Å². The molecule has 2 amide bonds. The minimum Gasteiger partial charge on any atom is -0.355 e. The number of ketones is 1. The van der Waals surface area contributed by atoms with Gasteiger partial charge in [-0.1, -0.05) is 6.92 Å². The Morgan fingerprint density at radius 2 is 2.00 bits per heavy atom. The lowest BCUT2D eigenvalue weighted by atomic mass is 9.92. The lowest BCUT2D eigenvalue weighted by molar-refractivity contribution is -0.117. The molecule has 3 N–H and O–H groups in total. The molecule has 0 aromatic carbocycles. The number of nitrogens with one attached hydrogen (secondary N) is 3. The van der Waals surface area contributed by atoms with Gasteiger partial charge in [-0.15, -0.1) is 0 Å². The summed E-state index contributed by atoms with van der Waals surface area (Å²) < 4.78 is 16.0. The molecule has 2 aliphatic rings. The quantitative estimate of drug-likeness (QED) is 0.702. The van der Waals surface area contributed by atoms with Crippen LogP contribution in [0.5, 0.6) is 0 Å². The van der Waals surface area contributed by atoms with Crippen LogP contribution in [0, 0.1) is 11.8 Å². The average Bonchev–Trinajstić information content (AvgIpc) is 3.50. The van der Waals surface area contributed by atoms with Gasteiger partial charge in [-0.2, -0.15) is 0 Å². The molecule has 2 aliphatic carbocycles. The molecule has 1 saturated carbocycles. The van der Waals surface area contributed by atoms with E-state index < -0.39 is 11.7 Å². The molecule has 0 bridgehead atoms. The molecule has 0 spiro atoms. The number of anilines is 3. The normalized spacial score (nSPS) is 17.8. The molecule has 30 heavy (non-hydrogen) atoms. The van der Waals surface area contributed by atoms with Crippen molar-refractivity contribution in [2.75, 3.05) is 17.7 Å². The van der Waals surface area contributed by atoms with Crippen molar-refractivity contribution in [3.05, 3.63) is 41.4 Å². The molecule has 2 heterocycles. The zero-order valence-electron chi connectivity index (χ0n) is 16.9. The van der Waals surface area contributed by atoms with Gasteiger partial charge in [-0.25, -0.2) is 9.37 Å². The Morgan fingerprint density at radius 1 is 1.27 bits per heavy atom. The van der Waals surface area contributed by atoms with Crippen LogP contribution in [0.2, 0.25) is 0 Å². The van der Waals surface area contributed by atoms with Crippen molar-refractivity contribution in [3.8, 4) is 0 Å². The number of allylic oxidation sites excluding steroid dienone is 1. The summed E-state index contributed by atoms with van der Waals surface area (Å²) in [5, 5.41) is 8.36. The van der Waals surface area contributed by atoms with E-state index in [-0.39, 0.29) is 46.2 Å². The summed E-state index contributed by atoms with van der Waals surface area (Å²) in [5.41, 5.74) is 1.38. The number of halogens is 1. The van der Waals surface area contributed by atoms with Crippen molar-refractivity contribution in [1.82, 2.24) is 14.9 Å². The SMILES string of the molecule is CNC(=O)c1cnc(NC(=O)C2CC2)cc1Nc1cn(C)c2c1C(=O)C(C)C=C2F. The molecule has 0 saturated heterocycles. The highest BCUT2D eigenvalue weighted by Crippen LogP contribution is 2.38. The third-order valence-electron chi connectivity index (χ3n) is 5.31. The summed E-state index contributed by atoms with van der Waals surface area (Å²) in [5.74, 6) is -1.49. The molecule has 2 aromatic heterocycles. The zero-order chi connectivity index (χ0) is 21.6. The van der Waals surface area contributed by atoms with E-state index in [1.165, 1.54) is 30.0 Å². The summed E-state index contributed by atoms with van der Waals surface area (Å²) >= 11 is 0. The Labute approximate surface area is 172 Å². The van der Waals surface area contributed by atoms with E-state index in [0.29, 0.717) is 11.4 Å². The predicted octanol–water partition coefficient (Wildman–Crippen LogP) is 3.01. The van der Waals surface area contributed by atoms with E-state index >= 15 is 0 Å². The molecule has 9 heteroatoms. The van der Waals surface area contributed by atoms with Crippen LogP contribution in [0.3, 0.4) is 0 Å². The maximum absolute atomic E-state index is 14.5. The molecule has 2 aromatic rings. The third kappa shape index (κ3) is 3.47. The standard InChI is InChI=1S/C21H22FN5O3/c1-10-6-13(22)18-17(19(10)28)15(9-27(18)3)25-14-7-16(26-20(29)11-4-5-11)24-8-12(14)21(30)23-2/h6-11H,4-5H2,1-3H3,(H,23,30)(H2,24,25,26,29). The minimum atomic E-state index is -0.593. The van der Waals surface area contributed by atoms with Gasteiger partial charge >= 0.3 is 0 Å². The monoisotopic (exact) mass is 411 g/mol. The van der Waals surface area contributed by atoms with E-state index in [4.69, 9.17) is 0 Å². The predicted molar refractivity (Wildman–Crippen MR) is 110 cm³/mol. The van der Waals surface area contributed by atoms with Gasteiger partial charge in [0.25, 0.3) is 5.91 Å². The lowest BCUT2D eigenvalue weighted by Crippen LogP contribution is -2.21. The molecule has 0 radical (unpaired) electrons. The molecule has 1 atom stereocenters. The third-order valence-corrected chi connectivity index (χ3v) is 5.31. The number of aryl methyl sites for hydroxylation is 1. The largest absolute Gasteiger partial charge is 0.355 e. The van der Waals surface area contributed by atoms with Crippen molar-refractivity contribution < 1.29 is 18.8 Å². The van der Waals surface area contributed by atoms with E-state index in [9.17, 15) is 18.8 Å². The van der Waals surface area contributed by atoms with Gasteiger partial charge in [-0.3, -0.25) is 14.4 Å². The van der Waals surface area contributed by atoms with Gasteiger partial charge in [0.15, 0.2) is 5.78 Å². The number of aromatic nitrogens is 2. The molecule has 1 unspecified atom stereocenters. The second-order valence-corrected chi connectivity index (χ2v) is 7.63. The number of amides is 2. The second kappa shape index (κ2) is 7.40. The molecule has 156 valence electrons. The maximum Gasteiger partial charge on any atom is 0.254 e. The highest BCUT2D eigenvalue weighted by Gasteiger charge is 2.32. The summed E-state index contributed by atoms with van der Waals surface area (Å²) in [6, 6.07) is 1.53. The van der Waals surface area contributed by atoms with Crippen LogP contribution in [-0.4, -0.2) is 34.2 Å².